The molecule has 0 radical (unpaired) electrons. The molecule has 0 atom stereocenters. The number of nitrogens with zero attached hydrogens (tertiary/aromatic N) is 1. The van der Waals surface area contributed by atoms with Crippen molar-refractivity contribution in [2.75, 3.05) is 5.33 Å². The molecule has 0 spiro atoms. The number of Topliss-reactive ketones (excluding diaryl/α,β-unsaturated/α-hetero) is 2. The van der Waals surface area contributed by atoms with E-state index in [1.807, 2.05) is 114 Å². The number of alkyl halides is 1. The van der Waals surface area contributed by atoms with Crippen molar-refractivity contribution in [3.8, 4) is 29.1 Å². The highest BCUT2D eigenvalue weighted by Gasteiger charge is 2.13. The van der Waals surface area contributed by atoms with Crippen molar-refractivity contribution in [2.24, 2.45) is 0 Å². The molecule has 0 aromatic heterocycles. The minimum absolute atomic E-state index is 0.0943. The minimum Gasteiger partial charge on any atom is -0.457 e. The molecule has 0 N–H and O–H groups in total. The Bertz CT molecular complexity index is 1520. The van der Waals surface area contributed by atoms with Crippen LogP contribution in [0.25, 0.3) is 0 Å². The van der Waals surface area contributed by atoms with Gasteiger partial charge in [0, 0.05) is 18.1 Å². The van der Waals surface area contributed by atoms with Gasteiger partial charge in [-0.2, -0.15) is 5.26 Å². The molecule has 4 aromatic rings. The molecule has 42 heavy (non-hydrogen) atoms. The van der Waals surface area contributed by atoms with Crippen LogP contribution in [0.1, 0.15) is 67.9 Å². The second-order valence-corrected chi connectivity index (χ2v) is 10.6. The lowest BCUT2D eigenvalue weighted by Gasteiger charge is -2.12. The van der Waals surface area contributed by atoms with E-state index in [1.165, 1.54) is 18.1 Å². The van der Waals surface area contributed by atoms with Gasteiger partial charge in [0.05, 0.1) is 11.4 Å². The molecule has 0 saturated heterocycles. The molecule has 0 aliphatic carbocycles. The first-order valence-electron chi connectivity index (χ1n) is 13.5. The number of hydrogen-bond acceptors (Lipinski definition) is 5. The number of rotatable bonds is 7. The van der Waals surface area contributed by atoms with Crippen LogP contribution in [-0.4, -0.2) is 16.9 Å². The first-order chi connectivity index (χ1) is 19.9. The smallest absolute Gasteiger partial charge is 0.173 e. The van der Waals surface area contributed by atoms with E-state index in [0.717, 1.165) is 56.4 Å². The highest BCUT2D eigenvalue weighted by Crippen LogP contribution is 2.28. The molecule has 4 rings (SSSR count). The van der Waals surface area contributed by atoms with Gasteiger partial charge in [0.25, 0.3) is 0 Å². The maximum Gasteiger partial charge on any atom is 0.173 e. The zero-order valence-corrected chi connectivity index (χ0v) is 27.2. The number of nitriles is 1. The van der Waals surface area contributed by atoms with Crippen LogP contribution in [-0.2, 0) is 0 Å². The summed E-state index contributed by atoms with van der Waals surface area (Å²) >= 11 is 3.22. The second-order valence-electron chi connectivity index (χ2n) is 10.0. The van der Waals surface area contributed by atoms with E-state index in [2.05, 4.69) is 15.9 Å². The third kappa shape index (κ3) is 10.0. The van der Waals surface area contributed by atoms with Gasteiger partial charge in [0.1, 0.15) is 23.0 Å². The summed E-state index contributed by atoms with van der Waals surface area (Å²) in [5.41, 5.74) is 7.75. The fourth-order valence-electron chi connectivity index (χ4n) is 4.51. The fourth-order valence-corrected chi connectivity index (χ4v) is 4.79. The first kappa shape index (κ1) is 34.0. The van der Waals surface area contributed by atoms with Gasteiger partial charge in [-0.05, 0) is 119 Å². The van der Waals surface area contributed by atoms with Crippen molar-refractivity contribution in [1.82, 2.24) is 0 Å². The number of carbonyl (C=O) groups is 2. The molecule has 0 aliphatic rings. The molecular weight excluding hydrogens is 590 g/mol. The summed E-state index contributed by atoms with van der Waals surface area (Å²) in [5, 5.41) is 7.66. The Balaban J connectivity index is 0.000000269. The van der Waals surface area contributed by atoms with Gasteiger partial charge in [-0.1, -0.05) is 51.3 Å². The summed E-state index contributed by atoms with van der Waals surface area (Å²) in [6.07, 6.45) is 0. The van der Waals surface area contributed by atoms with Gasteiger partial charge in [-0.25, -0.2) is 0 Å². The van der Waals surface area contributed by atoms with Crippen LogP contribution in [0.5, 0.6) is 23.0 Å². The number of ketones is 2. The number of ether oxygens (including phenoxy) is 2. The number of carbonyl (C=O) groups excluding carboxylic acids is 2. The van der Waals surface area contributed by atoms with Gasteiger partial charge in [0.2, 0.25) is 0 Å². The van der Waals surface area contributed by atoms with Crippen LogP contribution in [0.15, 0.2) is 72.8 Å². The largest absolute Gasteiger partial charge is 0.457 e. The Labute approximate surface area is 258 Å². The van der Waals surface area contributed by atoms with Crippen molar-refractivity contribution in [3.63, 3.8) is 0 Å². The van der Waals surface area contributed by atoms with E-state index in [-0.39, 0.29) is 11.6 Å². The minimum atomic E-state index is 0.0943. The SMILES string of the molecule is CC#N.CC(=O)c1c(C)cc(Oc2ccc(C)cc2)cc1C.Cc1ccc(Oc2cc(C)c(C(=O)CBr)c(C)c2)cc1. The average molecular weight is 629 g/mol. The number of halogens is 1. The lowest BCUT2D eigenvalue weighted by atomic mass is 9.99. The summed E-state index contributed by atoms with van der Waals surface area (Å²) in [5.74, 6) is 3.33. The summed E-state index contributed by atoms with van der Waals surface area (Å²) < 4.78 is 11.7. The van der Waals surface area contributed by atoms with Crippen molar-refractivity contribution in [3.05, 3.63) is 117 Å². The Morgan fingerprint density at radius 2 is 0.952 bits per heavy atom. The number of benzene rings is 4. The second kappa shape index (κ2) is 16.3. The maximum absolute atomic E-state index is 11.9. The van der Waals surface area contributed by atoms with E-state index in [9.17, 15) is 9.59 Å². The molecule has 4 aromatic carbocycles. The van der Waals surface area contributed by atoms with Gasteiger partial charge >= 0.3 is 0 Å². The zero-order chi connectivity index (χ0) is 31.4. The van der Waals surface area contributed by atoms with E-state index >= 15 is 0 Å². The lowest BCUT2D eigenvalue weighted by Crippen LogP contribution is -2.05. The van der Waals surface area contributed by atoms with Gasteiger partial charge < -0.3 is 9.47 Å². The first-order valence-corrected chi connectivity index (χ1v) is 14.6. The molecule has 0 saturated carbocycles. The van der Waals surface area contributed by atoms with E-state index in [0.29, 0.717) is 5.33 Å². The van der Waals surface area contributed by atoms with Crippen molar-refractivity contribution >= 4 is 27.5 Å². The van der Waals surface area contributed by atoms with E-state index in [1.54, 1.807) is 13.0 Å². The van der Waals surface area contributed by atoms with Crippen molar-refractivity contribution < 1.29 is 19.1 Å². The van der Waals surface area contributed by atoms with Gasteiger partial charge in [-0.3, -0.25) is 9.59 Å². The van der Waals surface area contributed by atoms with Crippen molar-refractivity contribution in [1.29, 1.82) is 5.26 Å². The Morgan fingerprint density at radius 1 is 0.643 bits per heavy atom. The Morgan fingerprint density at radius 3 is 1.24 bits per heavy atom. The third-order valence-corrected chi connectivity index (χ3v) is 6.79. The summed E-state index contributed by atoms with van der Waals surface area (Å²) in [6.45, 7) is 14.8. The number of hydrogen-bond donors (Lipinski definition) is 0. The number of aryl methyl sites for hydroxylation is 6. The van der Waals surface area contributed by atoms with Crippen LogP contribution in [0.3, 0.4) is 0 Å². The fraction of sp³-hybridized carbons (Fsp3) is 0.250. The molecule has 0 aliphatic heterocycles. The third-order valence-electron chi connectivity index (χ3n) is 6.28. The predicted octanol–water partition coefficient (Wildman–Crippen LogP) is 10.1. The maximum atomic E-state index is 11.9. The van der Waals surface area contributed by atoms with Crippen LogP contribution < -0.4 is 9.47 Å². The molecule has 0 bridgehead atoms. The van der Waals surface area contributed by atoms with Crippen LogP contribution >= 0.6 is 15.9 Å². The Kier molecular flexibility index (Phi) is 13.2. The topological polar surface area (TPSA) is 76.4 Å². The molecular formula is C36H38BrNO4. The molecule has 5 nitrogen and oxygen atoms in total. The van der Waals surface area contributed by atoms with Crippen molar-refractivity contribution in [2.45, 2.75) is 55.4 Å². The standard InChI is InChI=1S/C17H17BrO2.C17H18O2.C2H3N/c1-11-4-6-14(7-5-11)20-15-8-12(2)17(13(3)9-15)16(19)10-18;1-11-5-7-15(8-6-11)19-16-9-12(2)17(14(4)18)13(3)10-16;1-2-3/h4-9H,10H2,1-3H3;5-10H,1-4H3;1H3. The van der Waals surface area contributed by atoms with E-state index < -0.39 is 0 Å². The van der Waals surface area contributed by atoms with Gasteiger partial charge in [0.15, 0.2) is 11.6 Å². The summed E-state index contributed by atoms with van der Waals surface area (Å²) in [7, 11) is 0. The van der Waals surface area contributed by atoms with Crippen LogP contribution in [0.4, 0.5) is 0 Å². The van der Waals surface area contributed by atoms with Crippen LogP contribution in [0.2, 0.25) is 0 Å². The molecule has 218 valence electrons. The molecule has 0 amide bonds. The van der Waals surface area contributed by atoms with Crippen LogP contribution in [0, 0.1) is 52.9 Å². The van der Waals surface area contributed by atoms with Gasteiger partial charge in [-0.15, -0.1) is 0 Å². The predicted molar refractivity (Wildman–Crippen MR) is 174 cm³/mol. The quantitative estimate of drug-likeness (QED) is 0.150. The molecule has 0 unspecified atom stereocenters. The molecule has 6 heteroatoms. The summed E-state index contributed by atoms with van der Waals surface area (Å²) in [6, 6.07) is 25.2. The van der Waals surface area contributed by atoms with E-state index in [4.69, 9.17) is 14.7 Å². The highest BCUT2D eigenvalue weighted by molar-refractivity contribution is 9.09. The average Bonchev–Trinajstić information content (AvgIpc) is 2.91. The lowest BCUT2D eigenvalue weighted by molar-refractivity contribution is 0.101. The summed E-state index contributed by atoms with van der Waals surface area (Å²) in [4.78, 5) is 23.4. The zero-order valence-electron chi connectivity index (χ0n) is 25.6. The highest BCUT2D eigenvalue weighted by atomic mass is 79.9. The monoisotopic (exact) mass is 627 g/mol. The molecule has 0 fully saturated rings. The normalized spacial score (nSPS) is 9.81. The molecule has 0 heterocycles. The Hall–Kier alpha value is -4.21.